The summed E-state index contributed by atoms with van der Waals surface area (Å²) in [7, 11) is 1.74. The Balaban J connectivity index is 2.02. The number of aromatic nitrogens is 4. The van der Waals surface area contributed by atoms with Gasteiger partial charge in [0.1, 0.15) is 5.69 Å². The normalized spacial score (nSPS) is 18.3. The van der Waals surface area contributed by atoms with E-state index in [0.717, 1.165) is 22.2 Å². The predicted molar refractivity (Wildman–Crippen MR) is 104 cm³/mol. The quantitative estimate of drug-likeness (QED) is 0.621. The molecule has 0 saturated heterocycles. The third-order valence-corrected chi connectivity index (χ3v) is 5.69. The molecule has 1 aliphatic rings. The number of nitrogens with zero attached hydrogens (tertiary/aromatic N) is 3. The van der Waals surface area contributed by atoms with E-state index in [0.29, 0.717) is 34.2 Å². The molecule has 0 bridgehead atoms. The molecule has 3 aromatic rings. The molecule has 0 aliphatic carbocycles. The number of aliphatic hydroxyl groups is 1. The fourth-order valence-electron chi connectivity index (χ4n) is 3.78. The molecule has 0 radical (unpaired) electrons. The minimum Gasteiger partial charge on any atom is -0.393 e. The van der Waals surface area contributed by atoms with Crippen LogP contribution >= 0.6 is 23.2 Å². The Morgan fingerprint density at radius 2 is 2.22 bits per heavy atom. The number of halogens is 2. The topological polar surface area (TPSA) is 95.8 Å². The zero-order valence-electron chi connectivity index (χ0n) is 14.9. The Labute approximate surface area is 165 Å². The molecule has 27 heavy (non-hydrogen) atoms. The van der Waals surface area contributed by atoms with Gasteiger partial charge in [-0.1, -0.05) is 23.2 Å². The number of rotatable bonds is 3. The van der Waals surface area contributed by atoms with Crippen LogP contribution in [0.3, 0.4) is 0 Å². The van der Waals surface area contributed by atoms with E-state index in [2.05, 4.69) is 20.5 Å². The molecule has 7 nitrogen and oxygen atoms in total. The number of amides is 1. The zero-order valence-corrected chi connectivity index (χ0v) is 16.4. The highest BCUT2D eigenvalue weighted by atomic mass is 35.5. The van der Waals surface area contributed by atoms with E-state index in [4.69, 9.17) is 23.2 Å². The van der Waals surface area contributed by atoms with E-state index in [-0.39, 0.29) is 18.2 Å². The van der Waals surface area contributed by atoms with Gasteiger partial charge in [-0.3, -0.25) is 4.79 Å². The second-order valence-corrected chi connectivity index (χ2v) is 7.75. The lowest BCUT2D eigenvalue weighted by molar-refractivity contribution is -0.120. The van der Waals surface area contributed by atoms with Crippen molar-refractivity contribution in [1.29, 1.82) is 0 Å². The van der Waals surface area contributed by atoms with Gasteiger partial charge in [0, 0.05) is 36.2 Å². The maximum absolute atomic E-state index is 12.3. The summed E-state index contributed by atoms with van der Waals surface area (Å²) in [5.41, 5.74) is 3.87. The van der Waals surface area contributed by atoms with Gasteiger partial charge in [0.05, 0.1) is 34.3 Å². The highest BCUT2D eigenvalue weighted by molar-refractivity contribution is 6.45. The van der Waals surface area contributed by atoms with Crippen molar-refractivity contribution < 1.29 is 9.90 Å². The lowest BCUT2D eigenvalue weighted by atomic mass is 9.93. The van der Waals surface area contributed by atoms with Crippen LogP contribution in [0.25, 0.3) is 22.2 Å². The third-order valence-electron chi connectivity index (χ3n) is 4.90. The van der Waals surface area contributed by atoms with Crippen LogP contribution in [0.15, 0.2) is 12.3 Å². The van der Waals surface area contributed by atoms with Crippen molar-refractivity contribution in [3.05, 3.63) is 33.6 Å². The molecule has 0 spiro atoms. The van der Waals surface area contributed by atoms with Crippen molar-refractivity contribution in [3.8, 4) is 11.3 Å². The van der Waals surface area contributed by atoms with E-state index in [1.807, 2.05) is 0 Å². The highest BCUT2D eigenvalue weighted by Crippen LogP contribution is 2.42. The summed E-state index contributed by atoms with van der Waals surface area (Å²) < 4.78 is 0. The number of nitrogens with one attached hydrogen (secondary N) is 2. The first-order valence-electron chi connectivity index (χ1n) is 8.69. The molecule has 1 aliphatic heterocycles. The number of hydrogen-bond donors (Lipinski definition) is 3. The number of aliphatic hydroxyl groups excluding tert-OH is 1. The second kappa shape index (κ2) is 6.82. The van der Waals surface area contributed by atoms with Crippen molar-refractivity contribution in [1.82, 2.24) is 25.3 Å². The number of aromatic amines is 1. The first-order valence-corrected chi connectivity index (χ1v) is 9.44. The summed E-state index contributed by atoms with van der Waals surface area (Å²) in [5.74, 6) is -0.121. The summed E-state index contributed by atoms with van der Waals surface area (Å²) in [6, 6.07) is 1.76. The summed E-state index contributed by atoms with van der Waals surface area (Å²) in [6.07, 6.45) is 1.90. The Morgan fingerprint density at radius 3 is 2.89 bits per heavy atom. The lowest BCUT2D eigenvalue weighted by Gasteiger charge is -2.16. The average molecular weight is 408 g/mol. The van der Waals surface area contributed by atoms with Crippen LogP contribution in [0.1, 0.15) is 30.5 Å². The van der Waals surface area contributed by atoms with E-state index in [9.17, 15) is 9.90 Å². The van der Waals surface area contributed by atoms with Crippen LogP contribution in [-0.4, -0.2) is 43.6 Å². The van der Waals surface area contributed by atoms with Gasteiger partial charge in [0.15, 0.2) is 0 Å². The molecule has 2 atom stereocenters. The fraction of sp³-hybridized carbons (Fsp3) is 0.389. The zero-order chi connectivity index (χ0) is 19.3. The van der Waals surface area contributed by atoms with Crippen molar-refractivity contribution >= 4 is 40.0 Å². The van der Waals surface area contributed by atoms with Gasteiger partial charge in [-0.15, -0.1) is 0 Å². The van der Waals surface area contributed by atoms with Crippen molar-refractivity contribution in [2.45, 2.75) is 31.8 Å². The smallest absolute Gasteiger partial charge is 0.224 e. The second-order valence-electron chi connectivity index (χ2n) is 6.97. The molecule has 3 heterocycles. The molecule has 142 valence electrons. The van der Waals surface area contributed by atoms with Crippen LogP contribution in [0.4, 0.5) is 0 Å². The fourth-order valence-corrected chi connectivity index (χ4v) is 4.18. The number of hydrogen-bond acceptors (Lipinski definition) is 4. The monoisotopic (exact) mass is 407 g/mol. The van der Waals surface area contributed by atoms with Crippen LogP contribution < -0.4 is 5.32 Å². The number of carbonyl (C=O) groups excluding carboxylic acids is 1. The number of benzene rings is 1. The summed E-state index contributed by atoms with van der Waals surface area (Å²) in [5, 5.41) is 23.0. The Hall–Kier alpha value is -2.09. The van der Waals surface area contributed by atoms with E-state index in [1.54, 1.807) is 26.2 Å². The third kappa shape index (κ3) is 3.20. The Morgan fingerprint density at radius 1 is 1.44 bits per heavy atom. The minimum absolute atomic E-state index is 0.0524. The maximum atomic E-state index is 12.3. The minimum atomic E-state index is -0.497. The first kappa shape index (κ1) is 18.3. The van der Waals surface area contributed by atoms with Gasteiger partial charge < -0.3 is 15.4 Å². The number of aryl methyl sites for hydroxylation is 1. The summed E-state index contributed by atoms with van der Waals surface area (Å²) in [4.78, 5) is 17.2. The van der Waals surface area contributed by atoms with Crippen molar-refractivity contribution in [2.24, 2.45) is 7.05 Å². The molecule has 1 amide bonds. The standard InChI is InChI=1S/C18H19Cl2N5O2/c1-8(26)3-9-6-21-14(27)5-11-15-10(13-7-22-25(2)24-13)4-12(19)16(20)18(15)23-17(9)11/h4,7-9,23,26H,3,5-6H2,1-2H3,(H,21,27). The van der Waals surface area contributed by atoms with Gasteiger partial charge in [-0.05, 0) is 25.0 Å². The first-order chi connectivity index (χ1) is 12.8. The number of carbonyl (C=O) groups is 1. The maximum Gasteiger partial charge on any atom is 0.224 e. The van der Waals surface area contributed by atoms with Crippen molar-refractivity contribution in [3.63, 3.8) is 0 Å². The largest absolute Gasteiger partial charge is 0.393 e. The van der Waals surface area contributed by atoms with E-state index in [1.165, 1.54) is 4.80 Å². The molecular formula is C18H19Cl2N5O2. The molecule has 3 N–H and O–H groups in total. The molecule has 2 aromatic heterocycles. The van der Waals surface area contributed by atoms with E-state index < -0.39 is 6.10 Å². The van der Waals surface area contributed by atoms with Gasteiger partial charge in [-0.25, -0.2) is 0 Å². The van der Waals surface area contributed by atoms with Gasteiger partial charge in [0.2, 0.25) is 5.91 Å². The van der Waals surface area contributed by atoms with Crippen LogP contribution in [0.5, 0.6) is 0 Å². The van der Waals surface area contributed by atoms with Crippen LogP contribution in [-0.2, 0) is 18.3 Å². The van der Waals surface area contributed by atoms with E-state index >= 15 is 0 Å². The van der Waals surface area contributed by atoms with Crippen LogP contribution in [0, 0.1) is 0 Å². The molecule has 2 unspecified atom stereocenters. The molecule has 0 saturated carbocycles. The highest BCUT2D eigenvalue weighted by Gasteiger charge is 2.29. The molecular weight excluding hydrogens is 389 g/mol. The average Bonchev–Trinajstić information content (AvgIpc) is 3.15. The summed E-state index contributed by atoms with van der Waals surface area (Å²) in [6.45, 7) is 2.19. The Bertz CT molecular complexity index is 1040. The molecule has 1 aromatic carbocycles. The predicted octanol–water partition coefficient (Wildman–Crippen LogP) is 2.80. The van der Waals surface area contributed by atoms with Gasteiger partial charge in [0.25, 0.3) is 0 Å². The molecule has 9 heteroatoms. The molecule has 4 rings (SSSR count). The van der Waals surface area contributed by atoms with Gasteiger partial charge in [-0.2, -0.15) is 15.0 Å². The Kier molecular flexibility index (Phi) is 4.61. The lowest BCUT2D eigenvalue weighted by Crippen LogP contribution is -2.27. The number of fused-ring (bicyclic) bond motifs is 3. The van der Waals surface area contributed by atoms with Crippen molar-refractivity contribution in [2.75, 3.05) is 6.54 Å². The summed E-state index contributed by atoms with van der Waals surface area (Å²) >= 11 is 12.9. The van der Waals surface area contributed by atoms with Crippen LogP contribution in [0.2, 0.25) is 10.0 Å². The number of H-pyrrole nitrogens is 1. The molecule has 0 fully saturated rings. The SMILES string of the molecule is CC(O)CC1CNC(=O)Cc2c1[nH]c1c(Cl)c(Cl)cc(-c3cnn(C)n3)c21. The van der Waals surface area contributed by atoms with Gasteiger partial charge >= 0.3 is 0 Å².